The van der Waals surface area contributed by atoms with Gasteiger partial charge in [0.1, 0.15) is 11.6 Å². The summed E-state index contributed by atoms with van der Waals surface area (Å²) in [5, 5.41) is 14.7. The topological polar surface area (TPSA) is 82.0 Å². The Labute approximate surface area is 153 Å². The smallest absolute Gasteiger partial charge is 0.266 e. The molecule has 2 N–H and O–H groups in total. The minimum Gasteiger partial charge on any atom is -0.355 e. The van der Waals surface area contributed by atoms with Crippen molar-refractivity contribution >= 4 is 23.6 Å². The third-order valence-electron chi connectivity index (χ3n) is 3.99. The van der Waals surface area contributed by atoms with E-state index in [1.807, 2.05) is 39.0 Å². The number of carbonyl (C=O) groups is 2. The summed E-state index contributed by atoms with van der Waals surface area (Å²) in [4.78, 5) is 24.1. The maximum Gasteiger partial charge on any atom is 0.266 e. The molecule has 0 aromatic heterocycles. The van der Waals surface area contributed by atoms with Crippen LogP contribution in [0.2, 0.25) is 0 Å². The number of amides is 2. The van der Waals surface area contributed by atoms with E-state index in [1.165, 1.54) is 6.08 Å². The van der Waals surface area contributed by atoms with Crippen molar-refractivity contribution in [3.8, 4) is 6.07 Å². The highest BCUT2D eigenvalue weighted by Crippen LogP contribution is 2.22. The molecule has 0 fully saturated rings. The van der Waals surface area contributed by atoms with Gasteiger partial charge >= 0.3 is 0 Å². The molecule has 0 bridgehead atoms. The van der Waals surface area contributed by atoms with Gasteiger partial charge in [0.05, 0.1) is 0 Å². The van der Waals surface area contributed by atoms with Crippen LogP contribution in [0.15, 0.2) is 42.0 Å². The molecule has 0 radical (unpaired) electrons. The van der Waals surface area contributed by atoms with E-state index in [2.05, 4.69) is 10.6 Å². The number of hydrogen-bond acceptors (Lipinski definition) is 3. The van der Waals surface area contributed by atoms with E-state index < -0.39 is 5.91 Å². The highest BCUT2D eigenvalue weighted by molar-refractivity contribution is 6.10. The van der Waals surface area contributed by atoms with Gasteiger partial charge in [-0.1, -0.05) is 29.8 Å². The summed E-state index contributed by atoms with van der Waals surface area (Å²) in [6, 6.07) is 12.6. The van der Waals surface area contributed by atoms with Gasteiger partial charge in [0.25, 0.3) is 11.8 Å². The molecular formula is C21H21N3O2. The lowest BCUT2D eigenvalue weighted by Crippen LogP contribution is -2.17. The lowest BCUT2D eigenvalue weighted by atomic mass is 10.0. The van der Waals surface area contributed by atoms with E-state index in [-0.39, 0.29) is 11.5 Å². The Kier molecular flexibility index (Phi) is 5.92. The van der Waals surface area contributed by atoms with Crippen LogP contribution in [-0.4, -0.2) is 18.9 Å². The Morgan fingerprint density at radius 1 is 1.04 bits per heavy atom. The number of nitrogens with one attached hydrogen (secondary N) is 2. The normalized spacial score (nSPS) is 10.8. The van der Waals surface area contributed by atoms with Gasteiger partial charge in [0, 0.05) is 18.3 Å². The number of carbonyl (C=O) groups excluding carboxylic acids is 2. The first kappa shape index (κ1) is 18.9. The monoisotopic (exact) mass is 347 g/mol. The van der Waals surface area contributed by atoms with Gasteiger partial charge in [-0.2, -0.15) is 5.26 Å². The summed E-state index contributed by atoms with van der Waals surface area (Å²) in [7, 11) is 1.56. The lowest BCUT2D eigenvalue weighted by Gasteiger charge is -2.12. The number of aryl methyl sites for hydroxylation is 3. The first-order chi connectivity index (χ1) is 12.3. The Bertz CT molecular complexity index is 896. The summed E-state index contributed by atoms with van der Waals surface area (Å²) in [5.74, 6) is -0.651. The molecule has 132 valence electrons. The number of rotatable bonds is 4. The number of hydrogen-bond donors (Lipinski definition) is 2. The zero-order chi connectivity index (χ0) is 19.3. The second-order valence-corrected chi connectivity index (χ2v) is 6.10. The van der Waals surface area contributed by atoms with Crippen LogP contribution in [0.4, 0.5) is 5.69 Å². The van der Waals surface area contributed by atoms with Crippen LogP contribution in [0.1, 0.15) is 32.6 Å². The van der Waals surface area contributed by atoms with Crippen LogP contribution in [0.5, 0.6) is 0 Å². The zero-order valence-electron chi connectivity index (χ0n) is 15.3. The SMILES string of the molecule is CNC(=O)c1ccc(C=C(C#N)C(=O)Nc2c(C)cc(C)cc2C)cc1. The van der Waals surface area contributed by atoms with Crippen molar-refractivity contribution < 1.29 is 9.59 Å². The quantitative estimate of drug-likeness (QED) is 0.656. The highest BCUT2D eigenvalue weighted by atomic mass is 16.2. The lowest BCUT2D eigenvalue weighted by molar-refractivity contribution is -0.112. The van der Waals surface area contributed by atoms with Gasteiger partial charge in [0.2, 0.25) is 0 Å². The molecule has 0 aliphatic heterocycles. The third-order valence-corrected chi connectivity index (χ3v) is 3.99. The fourth-order valence-corrected chi connectivity index (χ4v) is 2.75. The highest BCUT2D eigenvalue weighted by Gasteiger charge is 2.13. The summed E-state index contributed by atoms with van der Waals surface area (Å²) in [5.41, 5.74) is 4.91. The van der Waals surface area contributed by atoms with E-state index in [0.717, 1.165) is 22.4 Å². The number of nitrogens with zero attached hydrogens (tertiary/aromatic N) is 1. The molecule has 5 nitrogen and oxygen atoms in total. The van der Waals surface area contributed by atoms with Gasteiger partial charge in [-0.3, -0.25) is 9.59 Å². The van der Waals surface area contributed by atoms with Crippen molar-refractivity contribution in [2.24, 2.45) is 0 Å². The second-order valence-electron chi connectivity index (χ2n) is 6.10. The standard InChI is InChI=1S/C21H21N3O2/c1-13-9-14(2)19(15(3)10-13)24-21(26)18(12-22)11-16-5-7-17(8-6-16)20(25)23-4/h5-11H,1-4H3,(H,23,25)(H,24,26). The molecule has 0 heterocycles. The van der Waals surface area contributed by atoms with Crippen LogP contribution >= 0.6 is 0 Å². The largest absolute Gasteiger partial charge is 0.355 e. The van der Waals surface area contributed by atoms with Gasteiger partial charge < -0.3 is 10.6 Å². The number of nitriles is 1. The molecule has 26 heavy (non-hydrogen) atoms. The van der Waals surface area contributed by atoms with Crippen LogP contribution in [0.25, 0.3) is 6.08 Å². The van der Waals surface area contributed by atoms with E-state index in [9.17, 15) is 14.9 Å². The molecule has 0 unspecified atom stereocenters. The molecule has 0 aliphatic rings. The first-order valence-electron chi connectivity index (χ1n) is 8.19. The van der Waals surface area contributed by atoms with E-state index in [1.54, 1.807) is 31.3 Å². The first-order valence-corrected chi connectivity index (χ1v) is 8.19. The Morgan fingerprint density at radius 3 is 2.12 bits per heavy atom. The van der Waals surface area contributed by atoms with Crippen molar-refractivity contribution in [1.82, 2.24) is 5.32 Å². The third kappa shape index (κ3) is 4.37. The van der Waals surface area contributed by atoms with Gasteiger partial charge in [0.15, 0.2) is 0 Å². The predicted octanol–water partition coefficient (Wildman–Crippen LogP) is 3.52. The van der Waals surface area contributed by atoms with E-state index >= 15 is 0 Å². The molecule has 2 amide bonds. The Hall–Kier alpha value is -3.39. The summed E-state index contributed by atoms with van der Waals surface area (Å²) in [6.45, 7) is 5.83. The molecule has 0 atom stereocenters. The van der Waals surface area contributed by atoms with Gasteiger partial charge in [-0.05, 0) is 55.7 Å². The van der Waals surface area contributed by atoms with Crippen LogP contribution < -0.4 is 10.6 Å². The van der Waals surface area contributed by atoms with E-state index in [0.29, 0.717) is 11.1 Å². The van der Waals surface area contributed by atoms with Gasteiger partial charge in [-0.15, -0.1) is 0 Å². The minimum atomic E-state index is -0.460. The predicted molar refractivity (Wildman–Crippen MR) is 103 cm³/mol. The van der Waals surface area contributed by atoms with Crippen molar-refractivity contribution in [2.75, 3.05) is 12.4 Å². The molecule has 2 aromatic rings. The second kappa shape index (κ2) is 8.13. The van der Waals surface area contributed by atoms with Crippen molar-refractivity contribution in [2.45, 2.75) is 20.8 Å². The molecule has 2 aromatic carbocycles. The molecule has 0 aliphatic carbocycles. The van der Waals surface area contributed by atoms with Crippen LogP contribution in [-0.2, 0) is 4.79 Å². The summed E-state index contributed by atoms with van der Waals surface area (Å²) >= 11 is 0. The van der Waals surface area contributed by atoms with Crippen molar-refractivity contribution in [1.29, 1.82) is 5.26 Å². The maximum absolute atomic E-state index is 12.5. The van der Waals surface area contributed by atoms with Crippen molar-refractivity contribution in [3.05, 3.63) is 69.8 Å². The average Bonchev–Trinajstić information content (AvgIpc) is 2.62. The molecule has 0 saturated heterocycles. The average molecular weight is 347 g/mol. The zero-order valence-corrected chi connectivity index (χ0v) is 15.3. The molecular weight excluding hydrogens is 326 g/mol. The Morgan fingerprint density at radius 2 is 1.62 bits per heavy atom. The summed E-state index contributed by atoms with van der Waals surface area (Å²) in [6.07, 6.45) is 1.50. The maximum atomic E-state index is 12.5. The molecule has 0 spiro atoms. The number of anilines is 1. The number of benzene rings is 2. The molecule has 0 saturated carbocycles. The Balaban J connectivity index is 2.25. The van der Waals surface area contributed by atoms with Gasteiger partial charge in [-0.25, -0.2) is 0 Å². The fourth-order valence-electron chi connectivity index (χ4n) is 2.75. The summed E-state index contributed by atoms with van der Waals surface area (Å²) < 4.78 is 0. The van der Waals surface area contributed by atoms with Crippen molar-refractivity contribution in [3.63, 3.8) is 0 Å². The molecule has 5 heteroatoms. The van der Waals surface area contributed by atoms with Crippen LogP contribution in [0.3, 0.4) is 0 Å². The fraction of sp³-hybridized carbons (Fsp3) is 0.190. The molecule has 2 rings (SSSR count). The van der Waals surface area contributed by atoms with E-state index in [4.69, 9.17) is 0 Å². The minimum absolute atomic E-state index is 0.00271. The van der Waals surface area contributed by atoms with Crippen LogP contribution in [0, 0.1) is 32.1 Å².